The summed E-state index contributed by atoms with van der Waals surface area (Å²) in [5, 5.41) is 0. The highest BCUT2D eigenvalue weighted by Gasteiger charge is 2.37. The molecule has 0 spiro atoms. The average Bonchev–Trinajstić information content (AvgIpc) is 2.46. The topological polar surface area (TPSA) is 60.2 Å². The van der Waals surface area contributed by atoms with Crippen LogP contribution in [0.15, 0.2) is 54.6 Å². The first kappa shape index (κ1) is 15.7. The second-order valence-electron chi connectivity index (χ2n) is 5.84. The summed E-state index contributed by atoms with van der Waals surface area (Å²) < 4.78 is 22.8. The van der Waals surface area contributed by atoms with Crippen molar-refractivity contribution in [3.05, 3.63) is 60.2 Å². The second-order valence-corrected chi connectivity index (χ2v) is 8.44. The van der Waals surface area contributed by atoms with Gasteiger partial charge in [-0.25, -0.2) is 8.42 Å². The Balaban J connectivity index is 2.32. The van der Waals surface area contributed by atoms with Gasteiger partial charge < -0.3 is 5.73 Å². The average molecular weight is 303 g/mol. The lowest BCUT2D eigenvalue weighted by Gasteiger charge is -2.30. The Morgan fingerprint density at radius 2 is 1.38 bits per heavy atom. The monoisotopic (exact) mass is 303 g/mol. The van der Waals surface area contributed by atoms with E-state index in [9.17, 15) is 8.42 Å². The van der Waals surface area contributed by atoms with Crippen molar-refractivity contribution in [3.63, 3.8) is 0 Å². The van der Waals surface area contributed by atoms with Gasteiger partial charge in [-0.2, -0.15) is 0 Å². The summed E-state index contributed by atoms with van der Waals surface area (Å²) in [7, 11) is -3.24. The Labute approximate surface area is 126 Å². The summed E-state index contributed by atoms with van der Waals surface area (Å²) >= 11 is 0. The highest BCUT2D eigenvalue weighted by Crippen LogP contribution is 2.31. The van der Waals surface area contributed by atoms with E-state index in [2.05, 4.69) is 0 Å². The fourth-order valence-corrected chi connectivity index (χ4v) is 2.74. The van der Waals surface area contributed by atoms with Crippen LogP contribution in [0.5, 0.6) is 0 Å². The third-order valence-corrected chi connectivity index (χ3v) is 6.25. The van der Waals surface area contributed by atoms with E-state index in [1.54, 1.807) is 13.8 Å². The Kier molecular flexibility index (Phi) is 4.21. The van der Waals surface area contributed by atoms with E-state index in [-0.39, 0.29) is 0 Å². The molecule has 112 valence electrons. The molecule has 0 amide bonds. The summed E-state index contributed by atoms with van der Waals surface area (Å²) in [5.74, 6) is 0. The van der Waals surface area contributed by atoms with E-state index in [4.69, 9.17) is 5.73 Å². The highest BCUT2D eigenvalue weighted by atomic mass is 32.2. The lowest BCUT2D eigenvalue weighted by molar-refractivity contribution is 0.496. The maximum atomic E-state index is 11.9. The van der Waals surface area contributed by atoms with E-state index >= 15 is 0 Å². The molecule has 0 aliphatic rings. The normalized spacial score (nSPS) is 13.9. The van der Waals surface area contributed by atoms with Gasteiger partial charge in [0.05, 0.1) is 4.75 Å². The molecule has 1 atom stereocenters. The molecular formula is C17H21NO2S. The predicted molar refractivity (Wildman–Crippen MR) is 87.7 cm³/mol. The molecule has 0 bridgehead atoms. The van der Waals surface area contributed by atoms with Crippen molar-refractivity contribution in [2.24, 2.45) is 5.73 Å². The van der Waals surface area contributed by atoms with Gasteiger partial charge in [0, 0.05) is 12.3 Å². The molecule has 0 heterocycles. The van der Waals surface area contributed by atoms with Crippen LogP contribution in [-0.4, -0.2) is 19.4 Å². The van der Waals surface area contributed by atoms with Crippen LogP contribution in [0.1, 0.15) is 25.5 Å². The van der Waals surface area contributed by atoms with Gasteiger partial charge in [-0.1, -0.05) is 54.6 Å². The van der Waals surface area contributed by atoms with Gasteiger partial charge in [-0.3, -0.25) is 0 Å². The van der Waals surface area contributed by atoms with Gasteiger partial charge in [-0.05, 0) is 30.5 Å². The summed E-state index contributed by atoms with van der Waals surface area (Å²) in [6.45, 7) is 3.33. The molecular weight excluding hydrogens is 282 g/mol. The number of benzene rings is 2. The molecule has 2 rings (SSSR count). The van der Waals surface area contributed by atoms with Crippen LogP contribution in [0, 0.1) is 0 Å². The molecule has 0 saturated carbocycles. The van der Waals surface area contributed by atoms with Gasteiger partial charge in [0.2, 0.25) is 0 Å². The molecule has 4 heteroatoms. The summed E-state index contributed by atoms with van der Waals surface area (Å²) in [4.78, 5) is 0. The van der Waals surface area contributed by atoms with Crippen LogP contribution >= 0.6 is 0 Å². The largest absolute Gasteiger partial charge is 0.323 e. The third kappa shape index (κ3) is 3.17. The standard InChI is InChI=1S/C17H21NO2S/c1-17(2,21(3,19)20)16(18)15-11-9-14(10-12-15)13-7-5-4-6-8-13/h4-12,16H,18H2,1-3H3. The van der Waals surface area contributed by atoms with Crippen LogP contribution < -0.4 is 5.73 Å². The van der Waals surface area contributed by atoms with Crippen molar-refractivity contribution >= 4 is 9.84 Å². The molecule has 0 fully saturated rings. The van der Waals surface area contributed by atoms with Gasteiger partial charge in [0.25, 0.3) is 0 Å². The Morgan fingerprint density at radius 3 is 1.86 bits per heavy atom. The third-order valence-electron chi connectivity index (χ3n) is 4.08. The SMILES string of the molecule is CC(C)(C(N)c1ccc(-c2ccccc2)cc1)S(C)(=O)=O. The molecule has 1 unspecified atom stereocenters. The molecule has 0 saturated heterocycles. The zero-order valence-electron chi connectivity index (χ0n) is 12.6. The molecule has 0 radical (unpaired) electrons. The fraction of sp³-hybridized carbons (Fsp3) is 0.294. The molecule has 2 aromatic carbocycles. The molecule has 21 heavy (non-hydrogen) atoms. The smallest absolute Gasteiger partial charge is 0.154 e. The van der Waals surface area contributed by atoms with Crippen molar-refractivity contribution in [1.29, 1.82) is 0 Å². The van der Waals surface area contributed by atoms with Crippen LogP contribution in [0.3, 0.4) is 0 Å². The van der Waals surface area contributed by atoms with Crippen molar-refractivity contribution in [2.75, 3.05) is 6.26 Å². The lowest BCUT2D eigenvalue weighted by atomic mass is 9.94. The number of nitrogens with two attached hydrogens (primary N) is 1. The first-order chi connectivity index (χ1) is 9.73. The van der Waals surface area contributed by atoms with E-state index in [1.807, 2.05) is 54.6 Å². The number of sulfone groups is 1. The van der Waals surface area contributed by atoms with Crippen molar-refractivity contribution in [1.82, 2.24) is 0 Å². The Hall–Kier alpha value is -1.65. The van der Waals surface area contributed by atoms with E-state index in [0.29, 0.717) is 0 Å². The van der Waals surface area contributed by atoms with Crippen LogP contribution in [-0.2, 0) is 9.84 Å². The van der Waals surface area contributed by atoms with Gasteiger partial charge >= 0.3 is 0 Å². The highest BCUT2D eigenvalue weighted by molar-refractivity contribution is 7.92. The zero-order valence-corrected chi connectivity index (χ0v) is 13.4. The quantitative estimate of drug-likeness (QED) is 0.943. The van der Waals surface area contributed by atoms with Crippen molar-refractivity contribution in [3.8, 4) is 11.1 Å². The number of hydrogen-bond acceptors (Lipinski definition) is 3. The van der Waals surface area contributed by atoms with Gasteiger partial charge in [0.15, 0.2) is 9.84 Å². The van der Waals surface area contributed by atoms with E-state index in [0.717, 1.165) is 16.7 Å². The van der Waals surface area contributed by atoms with E-state index < -0.39 is 20.6 Å². The van der Waals surface area contributed by atoms with Crippen LogP contribution in [0.25, 0.3) is 11.1 Å². The fourth-order valence-electron chi connectivity index (χ4n) is 2.15. The molecule has 0 aromatic heterocycles. The van der Waals surface area contributed by atoms with Gasteiger partial charge in [-0.15, -0.1) is 0 Å². The number of rotatable bonds is 4. The first-order valence-corrected chi connectivity index (χ1v) is 8.73. The van der Waals surface area contributed by atoms with Crippen LogP contribution in [0.4, 0.5) is 0 Å². The molecule has 3 nitrogen and oxygen atoms in total. The molecule has 2 N–H and O–H groups in total. The summed E-state index contributed by atoms with van der Waals surface area (Å²) in [6, 6.07) is 17.2. The predicted octanol–water partition coefficient (Wildman–Crippen LogP) is 3.18. The minimum absolute atomic E-state index is 0.558. The van der Waals surface area contributed by atoms with Crippen molar-refractivity contribution in [2.45, 2.75) is 24.6 Å². The summed E-state index contributed by atoms with van der Waals surface area (Å²) in [5.41, 5.74) is 9.20. The molecule has 0 aliphatic carbocycles. The maximum absolute atomic E-state index is 11.9. The summed E-state index contributed by atoms with van der Waals surface area (Å²) in [6.07, 6.45) is 1.23. The molecule has 2 aromatic rings. The second kappa shape index (κ2) is 5.62. The van der Waals surface area contributed by atoms with Gasteiger partial charge in [0.1, 0.15) is 0 Å². The minimum atomic E-state index is -3.24. The lowest BCUT2D eigenvalue weighted by Crippen LogP contribution is -2.42. The Morgan fingerprint density at radius 1 is 0.905 bits per heavy atom. The minimum Gasteiger partial charge on any atom is -0.323 e. The Bertz CT molecular complexity index is 704. The zero-order chi connectivity index (χ0) is 15.7. The first-order valence-electron chi connectivity index (χ1n) is 6.84. The maximum Gasteiger partial charge on any atom is 0.154 e. The van der Waals surface area contributed by atoms with E-state index in [1.165, 1.54) is 6.26 Å². The van der Waals surface area contributed by atoms with Crippen molar-refractivity contribution < 1.29 is 8.42 Å². The van der Waals surface area contributed by atoms with Crippen LogP contribution in [0.2, 0.25) is 0 Å². The molecule has 0 aliphatic heterocycles. The number of hydrogen-bond donors (Lipinski definition) is 1.